The topological polar surface area (TPSA) is 34.2 Å². The molecule has 0 bridgehead atoms. The van der Waals surface area contributed by atoms with E-state index in [1.165, 1.54) is 0 Å². The van der Waals surface area contributed by atoms with Gasteiger partial charge in [0.1, 0.15) is 6.10 Å². The summed E-state index contributed by atoms with van der Waals surface area (Å²) in [5.74, 6) is 0. The standard InChI is InChI=1S/C10H13ClN2O/c1-12-7-5-8(11)10(13-6-7)9-3-2-4-14-9/h5-6,9,12H,2-4H2,1H3. The Balaban J connectivity index is 2.25. The summed E-state index contributed by atoms with van der Waals surface area (Å²) in [4.78, 5) is 4.31. The van der Waals surface area contributed by atoms with Crippen molar-refractivity contribution in [3.63, 3.8) is 0 Å². The van der Waals surface area contributed by atoms with Crippen LogP contribution in [-0.4, -0.2) is 18.6 Å². The number of nitrogens with one attached hydrogen (secondary N) is 1. The first-order valence-corrected chi connectivity index (χ1v) is 5.14. The fourth-order valence-electron chi connectivity index (χ4n) is 1.62. The van der Waals surface area contributed by atoms with Crippen molar-refractivity contribution in [1.82, 2.24) is 4.98 Å². The number of nitrogens with zero attached hydrogens (tertiary/aromatic N) is 1. The minimum Gasteiger partial charge on any atom is -0.387 e. The lowest BCUT2D eigenvalue weighted by Gasteiger charge is -2.11. The summed E-state index contributed by atoms with van der Waals surface area (Å²) < 4.78 is 5.53. The van der Waals surface area contributed by atoms with E-state index in [4.69, 9.17) is 16.3 Å². The number of ether oxygens (including phenoxy) is 1. The highest BCUT2D eigenvalue weighted by atomic mass is 35.5. The van der Waals surface area contributed by atoms with Crippen molar-refractivity contribution >= 4 is 17.3 Å². The van der Waals surface area contributed by atoms with Gasteiger partial charge in [-0.25, -0.2) is 0 Å². The molecule has 3 nitrogen and oxygen atoms in total. The molecule has 0 spiro atoms. The zero-order valence-electron chi connectivity index (χ0n) is 8.09. The summed E-state index contributed by atoms with van der Waals surface area (Å²) in [7, 11) is 1.85. The van der Waals surface area contributed by atoms with Crippen molar-refractivity contribution in [2.24, 2.45) is 0 Å². The summed E-state index contributed by atoms with van der Waals surface area (Å²) in [6.07, 6.45) is 3.98. The fourth-order valence-corrected chi connectivity index (χ4v) is 1.90. The van der Waals surface area contributed by atoms with Crippen LogP contribution < -0.4 is 5.32 Å². The molecule has 1 atom stereocenters. The molecule has 14 heavy (non-hydrogen) atoms. The van der Waals surface area contributed by atoms with Crippen LogP contribution >= 0.6 is 11.6 Å². The SMILES string of the molecule is CNc1cnc(C2CCCO2)c(Cl)c1. The van der Waals surface area contributed by atoms with Crippen molar-refractivity contribution in [3.05, 3.63) is 23.0 Å². The van der Waals surface area contributed by atoms with E-state index in [-0.39, 0.29) is 6.10 Å². The van der Waals surface area contributed by atoms with E-state index in [9.17, 15) is 0 Å². The summed E-state index contributed by atoms with van der Waals surface area (Å²) in [5.41, 5.74) is 1.79. The van der Waals surface area contributed by atoms with Gasteiger partial charge in [0, 0.05) is 13.7 Å². The number of hydrogen-bond acceptors (Lipinski definition) is 3. The van der Waals surface area contributed by atoms with Crippen molar-refractivity contribution in [2.75, 3.05) is 19.0 Å². The largest absolute Gasteiger partial charge is 0.387 e. The quantitative estimate of drug-likeness (QED) is 0.819. The lowest BCUT2D eigenvalue weighted by Crippen LogP contribution is -2.01. The Morgan fingerprint density at radius 3 is 3.07 bits per heavy atom. The van der Waals surface area contributed by atoms with E-state index in [1.54, 1.807) is 6.20 Å². The zero-order valence-corrected chi connectivity index (χ0v) is 8.84. The highest BCUT2D eigenvalue weighted by molar-refractivity contribution is 6.31. The number of aromatic nitrogens is 1. The molecule has 4 heteroatoms. The Bertz CT molecular complexity index is 324. The Labute approximate surface area is 88.4 Å². The molecular weight excluding hydrogens is 200 g/mol. The van der Waals surface area contributed by atoms with Gasteiger partial charge in [-0.1, -0.05) is 11.6 Å². The Morgan fingerprint density at radius 2 is 2.50 bits per heavy atom. The van der Waals surface area contributed by atoms with Gasteiger partial charge in [0.2, 0.25) is 0 Å². The van der Waals surface area contributed by atoms with Crippen molar-refractivity contribution < 1.29 is 4.74 Å². The third kappa shape index (κ3) is 1.83. The molecule has 1 aromatic rings. The molecule has 0 saturated carbocycles. The van der Waals surface area contributed by atoms with Crippen molar-refractivity contribution in [3.8, 4) is 0 Å². The summed E-state index contributed by atoms with van der Waals surface area (Å²) in [6.45, 7) is 0.816. The van der Waals surface area contributed by atoms with Crippen molar-refractivity contribution in [2.45, 2.75) is 18.9 Å². The average molecular weight is 213 g/mol. The lowest BCUT2D eigenvalue weighted by molar-refractivity contribution is 0.109. The van der Waals surface area contributed by atoms with Crippen LogP contribution in [0.3, 0.4) is 0 Å². The molecule has 1 unspecified atom stereocenters. The minimum absolute atomic E-state index is 0.0911. The number of rotatable bonds is 2. The number of halogens is 1. The number of hydrogen-bond donors (Lipinski definition) is 1. The highest BCUT2D eigenvalue weighted by Crippen LogP contribution is 2.32. The van der Waals surface area contributed by atoms with Gasteiger partial charge >= 0.3 is 0 Å². The molecule has 1 N–H and O–H groups in total. The molecule has 0 radical (unpaired) electrons. The van der Waals surface area contributed by atoms with Gasteiger partial charge in [0.15, 0.2) is 0 Å². The molecule has 76 valence electrons. The van der Waals surface area contributed by atoms with E-state index < -0.39 is 0 Å². The molecule has 1 aliphatic rings. The Morgan fingerprint density at radius 1 is 1.64 bits per heavy atom. The first-order chi connectivity index (χ1) is 6.81. The van der Waals surface area contributed by atoms with Gasteiger partial charge < -0.3 is 10.1 Å². The predicted molar refractivity (Wildman–Crippen MR) is 56.7 cm³/mol. The van der Waals surface area contributed by atoms with E-state index in [1.807, 2.05) is 13.1 Å². The summed E-state index contributed by atoms with van der Waals surface area (Å²) >= 11 is 6.11. The first kappa shape index (κ1) is 9.74. The first-order valence-electron chi connectivity index (χ1n) is 4.76. The highest BCUT2D eigenvalue weighted by Gasteiger charge is 2.21. The summed E-state index contributed by atoms with van der Waals surface area (Å²) in [5, 5.41) is 3.68. The van der Waals surface area contributed by atoms with Crippen LogP contribution in [0.2, 0.25) is 5.02 Å². The molecule has 1 aliphatic heterocycles. The molecule has 1 aromatic heterocycles. The van der Waals surface area contributed by atoms with Gasteiger partial charge in [-0.3, -0.25) is 4.98 Å². The minimum atomic E-state index is 0.0911. The Hall–Kier alpha value is -0.800. The zero-order chi connectivity index (χ0) is 9.97. The van der Waals surface area contributed by atoms with E-state index in [0.717, 1.165) is 30.8 Å². The molecule has 2 heterocycles. The maximum absolute atomic E-state index is 6.11. The van der Waals surface area contributed by atoms with Gasteiger partial charge in [0.05, 0.1) is 22.6 Å². The molecule has 1 saturated heterocycles. The van der Waals surface area contributed by atoms with Gasteiger partial charge in [-0.15, -0.1) is 0 Å². The third-order valence-electron chi connectivity index (χ3n) is 2.39. The second kappa shape index (κ2) is 4.15. The van der Waals surface area contributed by atoms with Crippen LogP contribution in [0, 0.1) is 0 Å². The number of pyridine rings is 1. The monoisotopic (exact) mass is 212 g/mol. The average Bonchev–Trinajstić information content (AvgIpc) is 2.70. The van der Waals surface area contributed by atoms with Crippen LogP contribution in [0.1, 0.15) is 24.6 Å². The van der Waals surface area contributed by atoms with Gasteiger partial charge in [0.25, 0.3) is 0 Å². The fraction of sp³-hybridized carbons (Fsp3) is 0.500. The van der Waals surface area contributed by atoms with Crippen LogP contribution in [0.25, 0.3) is 0 Å². The summed E-state index contributed by atoms with van der Waals surface area (Å²) in [6, 6.07) is 1.88. The second-order valence-corrected chi connectivity index (χ2v) is 3.75. The van der Waals surface area contributed by atoms with E-state index in [0.29, 0.717) is 5.02 Å². The predicted octanol–water partition coefficient (Wildman–Crippen LogP) is 2.63. The van der Waals surface area contributed by atoms with Crippen molar-refractivity contribution in [1.29, 1.82) is 0 Å². The van der Waals surface area contributed by atoms with Gasteiger partial charge in [-0.05, 0) is 18.9 Å². The van der Waals surface area contributed by atoms with Gasteiger partial charge in [-0.2, -0.15) is 0 Å². The van der Waals surface area contributed by atoms with E-state index >= 15 is 0 Å². The Kier molecular flexibility index (Phi) is 2.89. The normalized spacial score (nSPS) is 21.1. The molecule has 0 aliphatic carbocycles. The molecular formula is C10H13ClN2O. The van der Waals surface area contributed by atoms with E-state index in [2.05, 4.69) is 10.3 Å². The molecule has 0 aromatic carbocycles. The van der Waals surface area contributed by atoms with Crippen LogP contribution in [0.15, 0.2) is 12.3 Å². The van der Waals surface area contributed by atoms with Crippen LogP contribution in [0.4, 0.5) is 5.69 Å². The van der Waals surface area contributed by atoms with Crippen LogP contribution in [0.5, 0.6) is 0 Å². The molecule has 2 rings (SSSR count). The smallest absolute Gasteiger partial charge is 0.101 e. The third-order valence-corrected chi connectivity index (χ3v) is 2.70. The lowest BCUT2D eigenvalue weighted by atomic mass is 10.1. The molecule has 1 fully saturated rings. The second-order valence-electron chi connectivity index (χ2n) is 3.34. The molecule has 0 amide bonds. The number of anilines is 1. The maximum Gasteiger partial charge on any atom is 0.101 e. The maximum atomic E-state index is 6.11. The van der Waals surface area contributed by atoms with Crippen LogP contribution in [-0.2, 0) is 4.74 Å².